The summed E-state index contributed by atoms with van der Waals surface area (Å²) < 4.78 is 0. The van der Waals surface area contributed by atoms with E-state index in [0.717, 1.165) is 0 Å². The van der Waals surface area contributed by atoms with E-state index in [1.54, 1.807) is 0 Å². The van der Waals surface area contributed by atoms with Crippen LogP contribution in [0.2, 0.25) is 0 Å². The lowest BCUT2D eigenvalue weighted by Gasteiger charge is -2.35. The van der Waals surface area contributed by atoms with Crippen molar-refractivity contribution in [2.75, 3.05) is 11.4 Å². The molecule has 0 spiro atoms. The molecule has 1 heterocycles. The van der Waals surface area contributed by atoms with Gasteiger partial charge in [0.05, 0.1) is 0 Å². The van der Waals surface area contributed by atoms with E-state index >= 15 is 0 Å². The van der Waals surface area contributed by atoms with Gasteiger partial charge in [0.25, 0.3) is 0 Å². The van der Waals surface area contributed by atoms with E-state index in [0.29, 0.717) is 6.04 Å². The van der Waals surface area contributed by atoms with Crippen LogP contribution in [0.5, 0.6) is 0 Å². The molecule has 0 N–H and O–H groups in total. The molecular weight excluding hydrogens is 158 g/mol. The lowest BCUT2D eigenvalue weighted by Crippen LogP contribution is -2.37. The summed E-state index contributed by atoms with van der Waals surface area (Å²) in [6.07, 6.45) is 4.03. The number of anilines is 1. The maximum absolute atomic E-state index is 3.29. The average molecular weight is 174 g/mol. The highest BCUT2D eigenvalue weighted by Crippen LogP contribution is 2.23. The zero-order chi connectivity index (χ0) is 9.10. The molecule has 1 aliphatic heterocycles. The SMILES string of the molecule is CC1CCCCN1c1[c]cccc1. The number of rotatable bonds is 1. The van der Waals surface area contributed by atoms with Crippen LogP contribution in [0.25, 0.3) is 0 Å². The highest BCUT2D eigenvalue weighted by Gasteiger charge is 2.17. The fraction of sp³-hybridized carbons (Fsp3) is 0.500. The molecule has 0 amide bonds. The molecule has 1 heteroatoms. The summed E-state index contributed by atoms with van der Waals surface area (Å²) in [5.41, 5.74) is 1.26. The van der Waals surface area contributed by atoms with Crippen LogP contribution < -0.4 is 4.90 Å². The van der Waals surface area contributed by atoms with Gasteiger partial charge in [0.1, 0.15) is 0 Å². The molecule has 0 bridgehead atoms. The van der Waals surface area contributed by atoms with Crippen molar-refractivity contribution in [3.05, 3.63) is 30.3 Å². The summed E-state index contributed by atoms with van der Waals surface area (Å²) in [7, 11) is 0. The summed E-state index contributed by atoms with van der Waals surface area (Å²) in [5, 5.41) is 0. The van der Waals surface area contributed by atoms with Gasteiger partial charge < -0.3 is 4.90 Å². The number of nitrogens with zero attached hydrogens (tertiary/aromatic N) is 1. The Labute approximate surface area is 80.4 Å². The van der Waals surface area contributed by atoms with Crippen molar-refractivity contribution in [3.8, 4) is 0 Å². The third-order valence-corrected chi connectivity index (χ3v) is 2.81. The molecule has 1 radical (unpaired) electrons. The van der Waals surface area contributed by atoms with Crippen LogP contribution in [0.1, 0.15) is 26.2 Å². The van der Waals surface area contributed by atoms with E-state index < -0.39 is 0 Å². The number of para-hydroxylation sites is 1. The molecule has 2 rings (SSSR count). The van der Waals surface area contributed by atoms with Crippen molar-refractivity contribution in [1.82, 2.24) is 0 Å². The van der Waals surface area contributed by atoms with Crippen LogP contribution in [0.3, 0.4) is 0 Å². The van der Waals surface area contributed by atoms with Gasteiger partial charge in [0.15, 0.2) is 0 Å². The van der Waals surface area contributed by atoms with Gasteiger partial charge in [0, 0.05) is 24.3 Å². The summed E-state index contributed by atoms with van der Waals surface area (Å²) in [6.45, 7) is 3.50. The smallest absolute Gasteiger partial charge is 0.0449 e. The van der Waals surface area contributed by atoms with Gasteiger partial charge in [-0.1, -0.05) is 18.2 Å². The molecule has 1 atom stereocenters. The molecule has 69 valence electrons. The second kappa shape index (κ2) is 3.82. The zero-order valence-corrected chi connectivity index (χ0v) is 8.16. The van der Waals surface area contributed by atoms with Crippen molar-refractivity contribution in [2.24, 2.45) is 0 Å². The maximum atomic E-state index is 3.29. The second-order valence-corrected chi connectivity index (χ2v) is 3.79. The van der Waals surface area contributed by atoms with E-state index in [1.165, 1.54) is 31.5 Å². The molecular formula is C12H16N. The molecule has 1 fully saturated rings. The minimum absolute atomic E-state index is 0.687. The molecule has 1 nitrogen and oxygen atoms in total. The minimum Gasteiger partial charge on any atom is -0.368 e. The van der Waals surface area contributed by atoms with Crippen molar-refractivity contribution in [1.29, 1.82) is 0 Å². The standard InChI is InChI=1S/C12H16N/c1-11-7-5-6-10-13(11)12-8-3-2-4-9-12/h2-4,8,11H,5-7,10H2,1H3. The topological polar surface area (TPSA) is 3.24 Å². The molecule has 0 saturated carbocycles. The molecule has 0 aliphatic carbocycles. The Balaban J connectivity index is 2.15. The number of hydrogen-bond acceptors (Lipinski definition) is 1. The molecule has 0 aromatic heterocycles. The first-order valence-electron chi connectivity index (χ1n) is 5.11. The van der Waals surface area contributed by atoms with Crippen molar-refractivity contribution >= 4 is 5.69 Å². The zero-order valence-electron chi connectivity index (χ0n) is 8.16. The number of benzene rings is 1. The molecule has 1 aromatic carbocycles. The predicted molar refractivity (Wildman–Crippen MR) is 55.9 cm³/mol. The third-order valence-electron chi connectivity index (χ3n) is 2.81. The minimum atomic E-state index is 0.687. The Morgan fingerprint density at radius 3 is 3.00 bits per heavy atom. The van der Waals surface area contributed by atoms with Crippen LogP contribution >= 0.6 is 0 Å². The summed E-state index contributed by atoms with van der Waals surface area (Å²) in [4.78, 5) is 2.46. The van der Waals surface area contributed by atoms with E-state index in [2.05, 4.69) is 30.0 Å². The molecule has 1 aliphatic rings. The highest BCUT2D eigenvalue weighted by molar-refractivity contribution is 5.46. The highest BCUT2D eigenvalue weighted by atomic mass is 15.2. The first-order chi connectivity index (χ1) is 6.38. The fourth-order valence-corrected chi connectivity index (χ4v) is 2.02. The van der Waals surface area contributed by atoms with Crippen molar-refractivity contribution in [2.45, 2.75) is 32.2 Å². The molecule has 13 heavy (non-hydrogen) atoms. The summed E-state index contributed by atoms with van der Waals surface area (Å²) in [5.74, 6) is 0. The quantitative estimate of drug-likeness (QED) is 0.632. The number of hydrogen-bond donors (Lipinski definition) is 0. The predicted octanol–water partition coefficient (Wildman–Crippen LogP) is 2.87. The van der Waals surface area contributed by atoms with Gasteiger partial charge in [-0.2, -0.15) is 0 Å². The van der Waals surface area contributed by atoms with Crippen LogP contribution in [0.4, 0.5) is 5.69 Å². The maximum Gasteiger partial charge on any atom is 0.0449 e. The first-order valence-corrected chi connectivity index (χ1v) is 5.11. The van der Waals surface area contributed by atoms with Crippen LogP contribution in [-0.2, 0) is 0 Å². The molecule has 1 saturated heterocycles. The van der Waals surface area contributed by atoms with Crippen LogP contribution in [0, 0.1) is 6.07 Å². The Morgan fingerprint density at radius 1 is 1.38 bits per heavy atom. The number of piperidine rings is 1. The van der Waals surface area contributed by atoms with Gasteiger partial charge in [0.2, 0.25) is 0 Å². The van der Waals surface area contributed by atoms with Crippen LogP contribution in [-0.4, -0.2) is 12.6 Å². The Morgan fingerprint density at radius 2 is 2.31 bits per heavy atom. The molecule has 1 unspecified atom stereocenters. The van der Waals surface area contributed by atoms with E-state index in [4.69, 9.17) is 0 Å². The van der Waals surface area contributed by atoms with Crippen molar-refractivity contribution < 1.29 is 0 Å². The van der Waals surface area contributed by atoms with Crippen molar-refractivity contribution in [3.63, 3.8) is 0 Å². The monoisotopic (exact) mass is 174 g/mol. The second-order valence-electron chi connectivity index (χ2n) is 3.79. The summed E-state index contributed by atoms with van der Waals surface area (Å²) >= 11 is 0. The lowest BCUT2D eigenvalue weighted by atomic mass is 10.0. The van der Waals surface area contributed by atoms with E-state index in [1.807, 2.05) is 12.1 Å². The van der Waals surface area contributed by atoms with E-state index in [9.17, 15) is 0 Å². The van der Waals surface area contributed by atoms with Gasteiger partial charge in [-0.25, -0.2) is 0 Å². The Kier molecular flexibility index (Phi) is 2.53. The molecule has 1 aromatic rings. The summed E-state index contributed by atoms with van der Waals surface area (Å²) in [6, 6.07) is 12.2. The first kappa shape index (κ1) is 8.61. The fourth-order valence-electron chi connectivity index (χ4n) is 2.02. The lowest BCUT2D eigenvalue weighted by molar-refractivity contribution is 0.484. The van der Waals surface area contributed by atoms with Gasteiger partial charge in [-0.3, -0.25) is 0 Å². The van der Waals surface area contributed by atoms with Gasteiger partial charge in [-0.15, -0.1) is 0 Å². The van der Waals surface area contributed by atoms with Gasteiger partial charge in [-0.05, 0) is 32.3 Å². The Hall–Kier alpha value is -0.980. The third kappa shape index (κ3) is 1.85. The normalized spacial score (nSPS) is 23.2. The average Bonchev–Trinajstić information content (AvgIpc) is 2.20. The largest absolute Gasteiger partial charge is 0.368 e. The van der Waals surface area contributed by atoms with Crippen LogP contribution in [0.15, 0.2) is 24.3 Å². The van der Waals surface area contributed by atoms with Gasteiger partial charge >= 0.3 is 0 Å². The Bertz CT molecular complexity index is 255. The van der Waals surface area contributed by atoms with E-state index in [-0.39, 0.29) is 0 Å².